The van der Waals surface area contributed by atoms with Crippen LogP contribution in [-0.4, -0.2) is 15.0 Å². The SMILES string of the molecule is O=[N+]([O-])c1cc(C(F)(F)F)cc([N+](=O)[O-])c1Nc1onc(-c2ccccc2)c1Br. The molecule has 150 valence electrons. The monoisotopic (exact) mass is 472 g/mol. The van der Waals surface area contributed by atoms with E-state index in [1.165, 1.54) is 0 Å². The predicted octanol–water partition coefficient (Wildman–Crippen LogP) is 5.68. The van der Waals surface area contributed by atoms with E-state index in [0.29, 0.717) is 5.56 Å². The summed E-state index contributed by atoms with van der Waals surface area (Å²) in [5, 5.41) is 28.7. The Hall–Kier alpha value is -3.48. The van der Waals surface area contributed by atoms with Crippen LogP contribution in [0.2, 0.25) is 0 Å². The lowest BCUT2D eigenvalue weighted by atomic mass is 10.1. The Morgan fingerprint density at radius 1 is 1.03 bits per heavy atom. The molecule has 0 saturated heterocycles. The number of rotatable bonds is 5. The van der Waals surface area contributed by atoms with Gasteiger partial charge in [-0.25, -0.2) is 0 Å². The van der Waals surface area contributed by atoms with E-state index in [4.69, 9.17) is 4.52 Å². The Balaban J connectivity index is 2.13. The highest BCUT2D eigenvalue weighted by atomic mass is 79.9. The average molecular weight is 473 g/mol. The van der Waals surface area contributed by atoms with Crippen LogP contribution in [0.25, 0.3) is 11.3 Å². The molecule has 1 aromatic heterocycles. The number of anilines is 2. The fourth-order valence-corrected chi connectivity index (χ4v) is 2.91. The smallest absolute Gasteiger partial charge is 0.337 e. The van der Waals surface area contributed by atoms with E-state index in [2.05, 4.69) is 26.4 Å². The number of nitrogens with zero attached hydrogens (tertiary/aromatic N) is 3. The summed E-state index contributed by atoms with van der Waals surface area (Å²) in [5.41, 5.74) is -3.70. The van der Waals surface area contributed by atoms with Gasteiger partial charge in [-0.15, -0.1) is 0 Å². The number of nitrogens with one attached hydrogen (secondary N) is 1. The van der Waals surface area contributed by atoms with Gasteiger partial charge in [-0.1, -0.05) is 35.5 Å². The second kappa shape index (κ2) is 7.50. The van der Waals surface area contributed by atoms with Crippen molar-refractivity contribution in [3.8, 4) is 11.3 Å². The molecule has 29 heavy (non-hydrogen) atoms. The number of halogens is 4. The lowest BCUT2D eigenvalue weighted by molar-refractivity contribution is -0.392. The number of hydrogen-bond acceptors (Lipinski definition) is 7. The van der Waals surface area contributed by atoms with Gasteiger partial charge in [-0.05, 0) is 15.9 Å². The Morgan fingerprint density at radius 2 is 1.59 bits per heavy atom. The number of nitro benzene ring substituents is 2. The van der Waals surface area contributed by atoms with Crippen LogP contribution in [0.15, 0.2) is 51.5 Å². The van der Waals surface area contributed by atoms with Crippen LogP contribution >= 0.6 is 15.9 Å². The van der Waals surface area contributed by atoms with E-state index in [-0.39, 0.29) is 28.2 Å². The molecule has 0 fully saturated rings. The zero-order valence-electron chi connectivity index (χ0n) is 13.9. The molecular formula is C16H8BrF3N4O5. The largest absolute Gasteiger partial charge is 0.416 e. The Labute approximate surface area is 167 Å². The van der Waals surface area contributed by atoms with Gasteiger partial charge in [0.2, 0.25) is 5.88 Å². The summed E-state index contributed by atoms with van der Waals surface area (Å²) in [6, 6.07) is 8.98. The van der Waals surface area contributed by atoms with Crippen LogP contribution in [-0.2, 0) is 6.18 Å². The number of benzene rings is 2. The Kier molecular flexibility index (Phi) is 5.24. The Bertz CT molecular complexity index is 1070. The standard InChI is InChI=1S/C16H8BrF3N4O5/c17-12-13(8-4-2-1-3-5-8)22-29-15(12)21-14-10(23(25)26)6-9(16(18,19)20)7-11(14)24(27)28/h1-7,21H. The van der Waals surface area contributed by atoms with E-state index in [9.17, 15) is 33.4 Å². The maximum absolute atomic E-state index is 13.0. The van der Waals surface area contributed by atoms with Gasteiger partial charge in [0, 0.05) is 17.7 Å². The van der Waals surface area contributed by atoms with Crippen molar-refractivity contribution in [1.82, 2.24) is 5.16 Å². The molecular weight excluding hydrogens is 465 g/mol. The highest BCUT2D eigenvalue weighted by Gasteiger charge is 2.38. The maximum atomic E-state index is 13.0. The molecule has 3 rings (SSSR count). The summed E-state index contributed by atoms with van der Waals surface area (Å²) in [6.45, 7) is 0. The normalized spacial score (nSPS) is 11.3. The quantitative estimate of drug-likeness (QED) is 0.373. The van der Waals surface area contributed by atoms with Gasteiger partial charge >= 0.3 is 17.6 Å². The molecule has 9 nitrogen and oxygen atoms in total. The predicted molar refractivity (Wildman–Crippen MR) is 97.7 cm³/mol. The second-order valence-corrected chi connectivity index (χ2v) is 6.36. The number of alkyl halides is 3. The average Bonchev–Trinajstić information content (AvgIpc) is 3.01. The van der Waals surface area contributed by atoms with Crippen molar-refractivity contribution in [3.05, 3.63) is 72.7 Å². The maximum Gasteiger partial charge on any atom is 0.416 e. The molecule has 0 aliphatic carbocycles. The van der Waals surface area contributed by atoms with E-state index >= 15 is 0 Å². The third-order valence-electron chi connectivity index (χ3n) is 3.74. The molecule has 0 aliphatic heterocycles. The van der Waals surface area contributed by atoms with E-state index in [1.54, 1.807) is 30.3 Å². The van der Waals surface area contributed by atoms with Gasteiger partial charge in [-0.2, -0.15) is 13.2 Å². The first-order valence-corrected chi connectivity index (χ1v) is 8.40. The molecule has 0 spiro atoms. The summed E-state index contributed by atoms with van der Waals surface area (Å²) >= 11 is 3.18. The molecule has 0 radical (unpaired) electrons. The highest BCUT2D eigenvalue weighted by molar-refractivity contribution is 9.10. The third-order valence-corrected chi connectivity index (χ3v) is 4.47. The number of aromatic nitrogens is 1. The molecule has 0 aliphatic rings. The first kappa shape index (κ1) is 20.3. The first-order chi connectivity index (χ1) is 13.6. The minimum absolute atomic E-state index is 0.173. The zero-order chi connectivity index (χ0) is 21.3. The van der Waals surface area contributed by atoms with Crippen LogP contribution in [0.1, 0.15) is 5.56 Å². The van der Waals surface area contributed by atoms with Crippen LogP contribution < -0.4 is 5.32 Å². The Morgan fingerprint density at radius 3 is 2.07 bits per heavy atom. The van der Waals surface area contributed by atoms with Gasteiger partial charge in [0.05, 0.1) is 15.4 Å². The van der Waals surface area contributed by atoms with Crippen molar-refractivity contribution in [2.24, 2.45) is 0 Å². The van der Waals surface area contributed by atoms with Gasteiger partial charge in [0.1, 0.15) is 10.2 Å². The molecule has 0 saturated carbocycles. The highest BCUT2D eigenvalue weighted by Crippen LogP contribution is 2.44. The number of hydrogen-bond donors (Lipinski definition) is 1. The van der Waals surface area contributed by atoms with Gasteiger partial charge in [0.15, 0.2) is 5.69 Å². The molecule has 2 aromatic carbocycles. The van der Waals surface area contributed by atoms with E-state index in [1.807, 2.05) is 0 Å². The fourth-order valence-electron chi connectivity index (χ4n) is 2.44. The molecule has 1 heterocycles. The number of nitro groups is 2. The lowest BCUT2D eigenvalue weighted by Crippen LogP contribution is -2.09. The first-order valence-electron chi connectivity index (χ1n) is 7.61. The topological polar surface area (TPSA) is 124 Å². The molecule has 3 aromatic rings. The zero-order valence-corrected chi connectivity index (χ0v) is 15.5. The second-order valence-electron chi connectivity index (χ2n) is 5.57. The van der Waals surface area contributed by atoms with Gasteiger partial charge < -0.3 is 9.84 Å². The van der Waals surface area contributed by atoms with Crippen molar-refractivity contribution in [3.63, 3.8) is 0 Å². The van der Waals surface area contributed by atoms with Crippen molar-refractivity contribution >= 4 is 38.9 Å². The van der Waals surface area contributed by atoms with E-state index in [0.717, 1.165) is 0 Å². The summed E-state index contributed by atoms with van der Waals surface area (Å²) in [7, 11) is 0. The minimum atomic E-state index is -5.01. The third kappa shape index (κ3) is 4.03. The minimum Gasteiger partial charge on any atom is -0.337 e. The fraction of sp³-hybridized carbons (Fsp3) is 0.0625. The van der Waals surface area contributed by atoms with Crippen molar-refractivity contribution in [2.75, 3.05) is 5.32 Å². The van der Waals surface area contributed by atoms with Crippen LogP contribution in [0.3, 0.4) is 0 Å². The summed E-state index contributed by atoms with van der Waals surface area (Å²) < 4.78 is 44.2. The summed E-state index contributed by atoms with van der Waals surface area (Å²) in [5.74, 6) is -0.255. The van der Waals surface area contributed by atoms with Crippen molar-refractivity contribution < 1.29 is 27.5 Å². The van der Waals surface area contributed by atoms with Gasteiger partial charge in [-0.3, -0.25) is 20.2 Å². The van der Waals surface area contributed by atoms with Crippen molar-refractivity contribution in [2.45, 2.75) is 6.18 Å². The van der Waals surface area contributed by atoms with Crippen LogP contribution in [0, 0.1) is 20.2 Å². The molecule has 1 N–H and O–H groups in total. The van der Waals surface area contributed by atoms with E-state index < -0.39 is 38.6 Å². The lowest BCUT2D eigenvalue weighted by Gasteiger charge is -2.10. The summed E-state index contributed by atoms with van der Waals surface area (Å²) in [4.78, 5) is 20.3. The molecule has 0 unspecified atom stereocenters. The van der Waals surface area contributed by atoms with Crippen LogP contribution in [0.4, 0.5) is 36.1 Å². The van der Waals surface area contributed by atoms with Crippen LogP contribution in [0.5, 0.6) is 0 Å². The molecule has 0 bridgehead atoms. The van der Waals surface area contributed by atoms with Crippen molar-refractivity contribution in [1.29, 1.82) is 0 Å². The molecule has 0 amide bonds. The van der Waals surface area contributed by atoms with Gasteiger partial charge in [0.25, 0.3) is 0 Å². The molecule has 13 heteroatoms. The molecule has 0 atom stereocenters. The summed E-state index contributed by atoms with van der Waals surface area (Å²) in [6.07, 6.45) is -5.01.